The molecule has 7 heteroatoms. The van der Waals surface area contributed by atoms with E-state index in [1.165, 1.54) is 11.8 Å². The molecule has 0 saturated heterocycles. The summed E-state index contributed by atoms with van der Waals surface area (Å²) in [6.07, 6.45) is 1.66. The molecule has 0 aromatic rings. The molecule has 18 heavy (non-hydrogen) atoms. The van der Waals surface area contributed by atoms with Crippen molar-refractivity contribution in [1.29, 1.82) is 0 Å². The maximum absolute atomic E-state index is 11.8. The predicted molar refractivity (Wildman–Crippen MR) is 62.0 cm³/mol. The fraction of sp³-hybridized carbons (Fsp3) is 0.727. The van der Waals surface area contributed by atoms with Gasteiger partial charge in [-0.15, -0.1) is 0 Å². The van der Waals surface area contributed by atoms with Crippen LogP contribution in [-0.2, 0) is 14.3 Å². The van der Waals surface area contributed by atoms with E-state index in [-0.39, 0.29) is 19.2 Å². The molecule has 0 spiro atoms. The Labute approximate surface area is 105 Å². The van der Waals surface area contributed by atoms with Crippen molar-refractivity contribution in [1.82, 2.24) is 10.2 Å². The Hall–Kier alpha value is -1.79. The van der Waals surface area contributed by atoms with E-state index in [1.54, 1.807) is 6.92 Å². The fourth-order valence-electron chi connectivity index (χ4n) is 1.43. The number of ether oxygens (including phenoxy) is 1. The van der Waals surface area contributed by atoms with Gasteiger partial charge < -0.3 is 20.1 Å². The summed E-state index contributed by atoms with van der Waals surface area (Å²) in [4.78, 5) is 35.1. The van der Waals surface area contributed by atoms with Crippen molar-refractivity contribution < 1.29 is 24.2 Å². The quantitative estimate of drug-likeness (QED) is 0.663. The Morgan fingerprint density at radius 1 is 1.44 bits per heavy atom. The summed E-state index contributed by atoms with van der Waals surface area (Å²) in [5, 5.41) is 11.0. The standard InChI is InChI=1S/C11H18N2O5/c1-3-18-9(14)6-13(8-4-5-8)11(17)12-7(2)10(15)16/h7-8H,3-6H2,1-2H3,(H,12,17)(H,15,16). The van der Waals surface area contributed by atoms with Crippen LogP contribution in [0.2, 0.25) is 0 Å². The van der Waals surface area contributed by atoms with Crippen LogP contribution in [0.3, 0.4) is 0 Å². The first-order valence-corrected chi connectivity index (χ1v) is 5.91. The SMILES string of the molecule is CCOC(=O)CN(C(=O)NC(C)C(=O)O)C1CC1. The summed E-state index contributed by atoms with van der Waals surface area (Å²) in [6, 6.07) is -1.52. The van der Waals surface area contributed by atoms with E-state index in [4.69, 9.17) is 9.84 Å². The topological polar surface area (TPSA) is 95.9 Å². The first-order chi connectivity index (χ1) is 8.45. The average Bonchev–Trinajstić information content (AvgIpc) is 3.09. The molecule has 0 aromatic carbocycles. The van der Waals surface area contributed by atoms with Gasteiger partial charge in [-0.25, -0.2) is 4.79 Å². The molecule has 2 N–H and O–H groups in total. The lowest BCUT2D eigenvalue weighted by molar-refractivity contribution is -0.143. The molecule has 1 atom stereocenters. The number of carboxylic acid groups (broad SMARTS) is 1. The molecule has 1 fully saturated rings. The van der Waals surface area contributed by atoms with Gasteiger partial charge in [0.25, 0.3) is 0 Å². The minimum atomic E-state index is -1.12. The second-order valence-corrected chi connectivity index (χ2v) is 4.17. The molecule has 1 aliphatic carbocycles. The van der Waals surface area contributed by atoms with Crippen LogP contribution in [0.1, 0.15) is 26.7 Å². The van der Waals surface area contributed by atoms with Crippen LogP contribution in [0.5, 0.6) is 0 Å². The third-order valence-corrected chi connectivity index (χ3v) is 2.56. The van der Waals surface area contributed by atoms with Crippen LogP contribution < -0.4 is 5.32 Å². The lowest BCUT2D eigenvalue weighted by Crippen LogP contribution is -2.49. The van der Waals surface area contributed by atoms with E-state index in [1.807, 2.05) is 0 Å². The number of carboxylic acids is 1. The zero-order valence-corrected chi connectivity index (χ0v) is 10.5. The second kappa shape index (κ2) is 6.23. The van der Waals surface area contributed by atoms with Gasteiger partial charge in [-0.1, -0.05) is 0 Å². The van der Waals surface area contributed by atoms with Gasteiger partial charge in [-0.05, 0) is 26.7 Å². The molecule has 0 heterocycles. The number of aliphatic carboxylic acids is 1. The van der Waals surface area contributed by atoms with Gasteiger partial charge in [-0.3, -0.25) is 9.59 Å². The molecule has 0 bridgehead atoms. The second-order valence-electron chi connectivity index (χ2n) is 4.17. The van der Waals surface area contributed by atoms with Gasteiger partial charge in [0.15, 0.2) is 0 Å². The Kier molecular flexibility index (Phi) is 4.94. The smallest absolute Gasteiger partial charge is 0.325 e. The average molecular weight is 258 g/mol. The van der Waals surface area contributed by atoms with Gasteiger partial charge in [-0.2, -0.15) is 0 Å². The summed E-state index contributed by atoms with van der Waals surface area (Å²) < 4.78 is 4.78. The van der Waals surface area contributed by atoms with E-state index >= 15 is 0 Å². The summed E-state index contributed by atoms with van der Waals surface area (Å²) in [6.45, 7) is 3.17. The summed E-state index contributed by atoms with van der Waals surface area (Å²) in [7, 11) is 0. The van der Waals surface area contributed by atoms with E-state index in [0.29, 0.717) is 0 Å². The van der Waals surface area contributed by atoms with Crippen molar-refractivity contribution in [3.05, 3.63) is 0 Å². The van der Waals surface area contributed by atoms with Crippen molar-refractivity contribution in [2.45, 2.75) is 38.8 Å². The van der Waals surface area contributed by atoms with E-state index in [2.05, 4.69) is 5.32 Å². The van der Waals surface area contributed by atoms with E-state index in [9.17, 15) is 14.4 Å². The Bertz CT molecular complexity index is 340. The Balaban J connectivity index is 2.53. The molecule has 0 radical (unpaired) electrons. The predicted octanol–water partition coefficient (Wildman–Crippen LogP) is 0.197. The highest BCUT2D eigenvalue weighted by molar-refractivity contribution is 5.85. The van der Waals surface area contributed by atoms with Crippen LogP contribution in [0, 0.1) is 0 Å². The highest BCUT2D eigenvalue weighted by atomic mass is 16.5. The number of amides is 2. The maximum atomic E-state index is 11.8. The van der Waals surface area contributed by atoms with Crippen molar-refractivity contribution >= 4 is 18.0 Å². The fourth-order valence-corrected chi connectivity index (χ4v) is 1.43. The highest BCUT2D eigenvalue weighted by Crippen LogP contribution is 2.26. The third kappa shape index (κ3) is 4.23. The van der Waals surface area contributed by atoms with Crippen molar-refractivity contribution in [2.75, 3.05) is 13.2 Å². The summed E-state index contributed by atoms with van der Waals surface area (Å²) >= 11 is 0. The normalized spacial score (nSPS) is 15.7. The monoisotopic (exact) mass is 258 g/mol. The number of carbonyl (C=O) groups excluding carboxylic acids is 2. The minimum absolute atomic E-state index is 0.00963. The Morgan fingerprint density at radius 2 is 2.06 bits per heavy atom. The molecule has 0 aliphatic heterocycles. The lowest BCUT2D eigenvalue weighted by atomic mass is 10.3. The molecule has 7 nitrogen and oxygen atoms in total. The van der Waals surface area contributed by atoms with Gasteiger partial charge in [0, 0.05) is 6.04 Å². The molecule has 1 unspecified atom stereocenters. The van der Waals surface area contributed by atoms with Crippen LogP contribution in [0.25, 0.3) is 0 Å². The number of nitrogens with one attached hydrogen (secondary N) is 1. The number of hydrogen-bond donors (Lipinski definition) is 2. The van der Waals surface area contributed by atoms with Crippen LogP contribution in [0.4, 0.5) is 4.79 Å². The zero-order chi connectivity index (χ0) is 13.7. The number of urea groups is 1. The van der Waals surface area contributed by atoms with Crippen molar-refractivity contribution in [2.24, 2.45) is 0 Å². The lowest BCUT2D eigenvalue weighted by Gasteiger charge is -2.23. The van der Waals surface area contributed by atoms with Crippen LogP contribution >= 0.6 is 0 Å². The first kappa shape index (κ1) is 14.3. The maximum Gasteiger partial charge on any atom is 0.325 e. The molecular formula is C11H18N2O5. The van der Waals surface area contributed by atoms with Gasteiger partial charge in [0.05, 0.1) is 6.61 Å². The minimum Gasteiger partial charge on any atom is -0.480 e. The van der Waals surface area contributed by atoms with Gasteiger partial charge in [0.1, 0.15) is 12.6 Å². The van der Waals surface area contributed by atoms with Crippen LogP contribution in [-0.4, -0.2) is 53.2 Å². The Morgan fingerprint density at radius 3 is 2.50 bits per heavy atom. The number of carbonyl (C=O) groups is 3. The largest absolute Gasteiger partial charge is 0.480 e. The van der Waals surface area contributed by atoms with Crippen molar-refractivity contribution in [3.8, 4) is 0 Å². The summed E-state index contributed by atoms with van der Waals surface area (Å²) in [5.74, 6) is -1.60. The molecule has 2 amide bonds. The van der Waals surface area contributed by atoms with Crippen molar-refractivity contribution in [3.63, 3.8) is 0 Å². The summed E-state index contributed by atoms with van der Waals surface area (Å²) in [5.41, 5.74) is 0. The van der Waals surface area contributed by atoms with Crippen LogP contribution in [0.15, 0.2) is 0 Å². The van der Waals surface area contributed by atoms with E-state index < -0.39 is 24.0 Å². The molecule has 0 aromatic heterocycles. The van der Waals surface area contributed by atoms with E-state index in [0.717, 1.165) is 12.8 Å². The molecule has 1 aliphatic rings. The van der Waals surface area contributed by atoms with Gasteiger partial charge >= 0.3 is 18.0 Å². The number of hydrogen-bond acceptors (Lipinski definition) is 4. The molecule has 102 valence electrons. The highest BCUT2D eigenvalue weighted by Gasteiger charge is 2.35. The first-order valence-electron chi connectivity index (χ1n) is 5.91. The van der Waals surface area contributed by atoms with Gasteiger partial charge in [0.2, 0.25) is 0 Å². The number of rotatable bonds is 6. The molecular weight excluding hydrogens is 240 g/mol. The molecule has 1 rings (SSSR count). The number of esters is 1. The number of nitrogens with zero attached hydrogens (tertiary/aromatic N) is 1. The zero-order valence-electron chi connectivity index (χ0n) is 10.5. The third-order valence-electron chi connectivity index (χ3n) is 2.56. The molecule has 1 saturated carbocycles.